The molecule has 0 saturated heterocycles. The van der Waals surface area contributed by atoms with E-state index in [2.05, 4.69) is 54.6 Å². The lowest BCUT2D eigenvalue weighted by Gasteiger charge is -2.30. The van der Waals surface area contributed by atoms with Crippen LogP contribution >= 0.6 is 15.9 Å². The highest BCUT2D eigenvalue weighted by Crippen LogP contribution is 2.24. The van der Waals surface area contributed by atoms with Crippen molar-refractivity contribution in [1.29, 1.82) is 0 Å². The van der Waals surface area contributed by atoms with Crippen LogP contribution in [-0.2, 0) is 19.5 Å². The molecule has 0 amide bonds. The molecule has 5 heteroatoms. The normalized spacial score (nSPS) is 14.5. The predicted octanol–water partition coefficient (Wildman–Crippen LogP) is 2.17. The van der Waals surface area contributed by atoms with E-state index in [4.69, 9.17) is 5.73 Å². The maximum Gasteiger partial charge on any atom is 0.0952 e. The molecule has 0 bridgehead atoms. The Labute approximate surface area is 121 Å². The van der Waals surface area contributed by atoms with E-state index in [1.807, 2.05) is 6.33 Å². The number of anilines is 1. The molecule has 1 aromatic heterocycles. The standard InChI is InChI=1S/C14H17BrN4/c15-11-1-3-12(4-2-11)18-7-8-19-10-17-13(5-6-16)14(19)9-18/h1-4,10H,5-9,16H2. The molecular formula is C14H17BrN4. The van der Waals surface area contributed by atoms with Crippen LogP contribution in [0.3, 0.4) is 0 Å². The molecule has 2 heterocycles. The largest absolute Gasteiger partial charge is 0.364 e. The number of fused-ring (bicyclic) bond motifs is 1. The lowest BCUT2D eigenvalue weighted by Crippen LogP contribution is -2.33. The van der Waals surface area contributed by atoms with Gasteiger partial charge in [-0.05, 0) is 30.8 Å². The fraction of sp³-hybridized carbons (Fsp3) is 0.357. The average molecular weight is 321 g/mol. The van der Waals surface area contributed by atoms with Crippen molar-refractivity contribution in [3.05, 3.63) is 46.5 Å². The van der Waals surface area contributed by atoms with Crippen molar-refractivity contribution >= 4 is 21.6 Å². The Hall–Kier alpha value is -1.33. The third-order valence-corrected chi connectivity index (χ3v) is 4.09. The molecule has 0 radical (unpaired) electrons. The molecule has 1 aromatic carbocycles. The summed E-state index contributed by atoms with van der Waals surface area (Å²) in [5.74, 6) is 0. The number of aromatic nitrogens is 2. The first-order valence-electron chi connectivity index (χ1n) is 6.51. The second-order valence-electron chi connectivity index (χ2n) is 4.77. The number of nitrogens with zero attached hydrogens (tertiary/aromatic N) is 3. The summed E-state index contributed by atoms with van der Waals surface area (Å²) in [4.78, 5) is 6.87. The number of rotatable bonds is 3. The van der Waals surface area contributed by atoms with Crippen molar-refractivity contribution in [2.75, 3.05) is 18.0 Å². The van der Waals surface area contributed by atoms with Crippen LogP contribution in [0.5, 0.6) is 0 Å². The number of nitrogens with two attached hydrogens (primary N) is 1. The second-order valence-corrected chi connectivity index (χ2v) is 5.68. The van der Waals surface area contributed by atoms with Crippen LogP contribution in [-0.4, -0.2) is 22.6 Å². The van der Waals surface area contributed by atoms with E-state index < -0.39 is 0 Å². The molecule has 2 aromatic rings. The third kappa shape index (κ3) is 2.53. The number of imidazole rings is 1. The molecule has 0 fully saturated rings. The van der Waals surface area contributed by atoms with Crippen LogP contribution in [0.1, 0.15) is 11.4 Å². The highest BCUT2D eigenvalue weighted by molar-refractivity contribution is 9.10. The zero-order valence-corrected chi connectivity index (χ0v) is 12.3. The van der Waals surface area contributed by atoms with E-state index in [1.165, 1.54) is 11.4 Å². The van der Waals surface area contributed by atoms with Gasteiger partial charge < -0.3 is 15.2 Å². The summed E-state index contributed by atoms with van der Waals surface area (Å²) in [6.07, 6.45) is 2.80. The van der Waals surface area contributed by atoms with Gasteiger partial charge in [-0.15, -0.1) is 0 Å². The van der Waals surface area contributed by atoms with Crippen molar-refractivity contribution in [1.82, 2.24) is 9.55 Å². The van der Waals surface area contributed by atoms with Gasteiger partial charge in [-0.2, -0.15) is 0 Å². The Morgan fingerprint density at radius 2 is 2.00 bits per heavy atom. The van der Waals surface area contributed by atoms with Crippen LogP contribution in [0.25, 0.3) is 0 Å². The summed E-state index contributed by atoms with van der Waals surface area (Å²) < 4.78 is 3.36. The van der Waals surface area contributed by atoms with Gasteiger partial charge in [-0.3, -0.25) is 0 Å². The van der Waals surface area contributed by atoms with E-state index in [0.29, 0.717) is 6.54 Å². The summed E-state index contributed by atoms with van der Waals surface area (Å²) in [6, 6.07) is 8.47. The van der Waals surface area contributed by atoms with E-state index in [-0.39, 0.29) is 0 Å². The molecule has 19 heavy (non-hydrogen) atoms. The molecule has 1 aliphatic heterocycles. The molecule has 0 atom stereocenters. The molecule has 0 spiro atoms. The minimum Gasteiger partial charge on any atom is -0.364 e. The van der Waals surface area contributed by atoms with Crippen molar-refractivity contribution in [3.8, 4) is 0 Å². The number of hydrogen-bond donors (Lipinski definition) is 1. The smallest absolute Gasteiger partial charge is 0.0952 e. The Morgan fingerprint density at radius 3 is 2.74 bits per heavy atom. The predicted molar refractivity (Wildman–Crippen MR) is 80.2 cm³/mol. The summed E-state index contributed by atoms with van der Waals surface area (Å²) in [6.45, 7) is 3.58. The molecule has 3 rings (SSSR count). The third-order valence-electron chi connectivity index (χ3n) is 3.56. The summed E-state index contributed by atoms with van der Waals surface area (Å²) >= 11 is 3.47. The summed E-state index contributed by atoms with van der Waals surface area (Å²) in [5.41, 5.74) is 9.35. The lowest BCUT2D eigenvalue weighted by molar-refractivity contribution is 0.567. The van der Waals surface area contributed by atoms with E-state index in [0.717, 1.165) is 36.2 Å². The van der Waals surface area contributed by atoms with Gasteiger partial charge in [-0.25, -0.2) is 4.98 Å². The molecule has 0 saturated carbocycles. The van der Waals surface area contributed by atoms with Gasteiger partial charge in [0.1, 0.15) is 0 Å². The number of benzene rings is 1. The van der Waals surface area contributed by atoms with Crippen molar-refractivity contribution in [2.45, 2.75) is 19.5 Å². The molecule has 0 unspecified atom stereocenters. The van der Waals surface area contributed by atoms with E-state index >= 15 is 0 Å². The monoisotopic (exact) mass is 320 g/mol. The Bertz CT molecular complexity index is 561. The van der Waals surface area contributed by atoms with Crippen molar-refractivity contribution in [3.63, 3.8) is 0 Å². The fourth-order valence-electron chi connectivity index (χ4n) is 2.53. The van der Waals surface area contributed by atoms with Crippen molar-refractivity contribution in [2.24, 2.45) is 5.73 Å². The van der Waals surface area contributed by atoms with Crippen LogP contribution in [0, 0.1) is 0 Å². The molecular weight excluding hydrogens is 304 g/mol. The number of halogens is 1. The lowest BCUT2D eigenvalue weighted by atomic mass is 10.2. The molecule has 4 nitrogen and oxygen atoms in total. The molecule has 0 aliphatic carbocycles. The highest BCUT2D eigenvalue weighted by atomic mass is 79.9. The van der Waals surface area contributed by atoms with Crippen LogP contribution in [0.2, 0.25) is 0 Å². The first-order chi connectivity index (χ1) is 9.28. The van der Waals surface area contributed by atoms with Crippen LogP contribution in [0.4, 0.5) is 5.69 Å². The fourth-order valence-corrected chi connectivity index (χ4v) is 2.79. The molecule has 100 valence electrons. The maximum atomic E-state index is 5.65. The Morgan fingerprint density at radius 1 is 1.21 bits per heavy atom. The van der Waals surface area contributed by atoms with Gasteiger partial charge in [0.2, 0.25) is 0 Å². The van der Waals surface area contributed by atoms with Gasteiger partial charge in [0, 0.05) is 29.7 Å². The minimum atomic E-state index is 0.655. The highest BCUT2D eigenvalue weighted by Gasteiger charge is 2.19. The maximum absolute atomic E-state index is 5.65. The van der Waals surface area contributed by atoms with Gasteiger partial charge in [0.25, 0.3) is 0 Å². The summed E-state index contributed by atoms with van der Waals surface area (Å²) in [7, 11) is 0. The summed E-state index contributed by atoms with van der Waals surface area (Å²) in [5, 5.41) is 0. The molecule has 1 aliphatic rings. The van der Waals surface area contributed by atoms with Crippen molar-refractivity contribution < 1.29 is 0 Å². The SMILES string of the molecule is NCCc1ncn2c1CN(c1ccc(Br)cc1)CC2. The Kier molecular flexibility index (Phi) is 3.57. The topological polar surface area (TPSA) is 47.1 Å². The first-order valence-corrected chi connectivity index (χ1v) is 7.30. The number of hydrogen-bond acceptors (Lipinski definition) is 3. The van der Waals surface area contributed by atoms with Gasteiger partial charge in [0.15, 0.2) is 0 Å². The minimum absolute atomic E-state index is 0.655. The second kappa shape index (κ2) is 5.35. The quantitative estimate of drug-likeness (QED) is 0.942. The average Bonchev–Trinajstić information content (AvgIpc) is 2.83. The zero-order chi connectivity index (χ0) is 13.2. The van der Waals surface area contributed by atoms with E-state index in [9.17, 15) is 0 Å². The van der Waals surface area contributed by atoms with Gasteiger partial charge in [0.05, 0.1) is 24.3 Å². The first kappa shape index (κ1) is 12.7. The van der Waals surface area contributed by atoms with Gasteiger partial charge in [-0.1, -0.05) is 15.9 Å². The van der Waals surface area contributed by atoms with Crippen LogP contribution in [0.15, 0.2) is 35.1 Å². The van der Waals surface area contributed by atoms with Gasteiger partial charge >= 0.3 is 0 Å². The Balaban J connectivity index is 1.84. The molecule has 2 N–H and O–H groups in total. The van der Waals surface area contributed by atoms with Crippen LogP contribution < -0.4 is 10.6 Å². The van der Waals surface area contributed by atoms with E-state index in [1.54, 1.807) is 0 Å². The zero-order valence-electron chi connectivity index (χ0n) is 10.7.